The lowest BCUT2D eigenvalue weighted by Crippen LogP contribution is -2.40. The number of nitrogens with one attached hydrogen (secondary N) is 1. The Kier molecular flexibility index (Phi) is 4.76. The van der Waals surface area contributed by atoms with Crippen LogP contribution in [-0.2, 0) is 10.0 Å². The van der Waals surface area contributed by atoms with Gasteiger partial charge >= 0.3 is 0 Å². The van der Waals surface area contributed by atoms with Crippen molar-refractivity contribution in [3.63, 3.8) is 0 Å². The van der Waals surface area contributed by atoms with Gasteiger partial charge in [0.1, 0.15) is 0 Å². The summed E-state index contributed by atoms with van der Waals surface area (Å²) in [5, 5.41) is 0. The Labute approximate surface area is 129 Å². The maximum atomic E-state index is 12.5. The van der Waals surface area contributed by atoms with Crippen LogP contribution in [0.15, 0.2) is 27.6 Å². The summed E-state index contributed by atoms with van der Waals surface area (Å²) in [6.45, 7) is 4.35. The van der Waals surface area contributed by atoms with Crippen molar-refractivity contribution in [3.05, 3.63) is 22.7 Å². The second-order valence-corrected chi connectivity index (χ2v) is 8.46. The fraction of sp³-hybridized carbons (Fsp3) is 0.571. The summed E-state index contributed by atoms with van der Waals surface area (Å²) in [6, 6.07) is 4.83. The third-order valence-corrected chi connectivity index (χ3v) is 6.26. The third kappa shape index (κ3) is 3.74. The van der Waals surface area contributed by atoms with E-state index in [1.807, 2.05) is 0 Å². The standard InChI is InChI=1S/C14H21BrN2O2S/c1-9-5-10(2)7-12(6-9)17-20(18,19)14-8-11(16)3-4-13(14)15/h3-4,8-10,12,17H,5-7,16H2,1-2H3. The Morgan fingerprint density at radius 1 is 1.20 bits per heavy atom. The smallest absolute Gasteiger partial charge is 0.242 e. The molecule has 2 rings (SSSR count). The third-order valence-electron chi connectivity index (χ3n) is 3.75. The van der Waals surface area contributed by atoms with E-state index < -0.39 is 10.0 Å². The van der Waals surface area contributed by atoms with Gasteiger partial charge in [0, 0.05) is 16.2 Å². The van der Waals surface area contributed by atoms with Crippen molar-refractivity contribution in [3.8, 4) is 0 Å². The summed E-state index contributed by atoms with van der Waals surface area (Å²) >= 11 is 3.28. The van der Waals surface area contributed by atoms with Crippen LogP contribution in [-0.4, -0.2) is 14.5 Å². The Hall–Kier alpha value is -0.590. The number of halogens is 1. The van der Waals surface area contributed by atoms with Crippen molar-refractivity contribution >= 4 is 31.6 Å². The van der Waals surface area contributed by atoms with Gasteiger partial charge in [0.25, 0.3) is 0 Å². The Balaban J connectivity index is 2.21. The quantitative estimate of drug-likeness (QED) is 0.813. The molecule has 1 saturated carbocycles. The zero-order valence-electron chi connectivity index (χ0n) is 11.8. The van der Waals surface area contributed by atoms with Crippen LogP contribution in [0.25, 0.3) is 0 Å². The molecule has 0 amide bonds. The molecule has 2 atom stereocenters. The first-order valence-electron chi connectivity index (χ1n) is 6.85. The maximum Gasteiger partial charge on any atom is 0.242 e. The van der Waals surface area contributed by atoms with Crippen molar-refractivity contribution < 1.29 is 8.42 Å². The molecule has 1 fully saturated rings. The number of hydrogen-bond acceptors (Lipinski definition) is 3. The summed E-state index contributed by atoms with van der Waals surface area (Å²) in [4.78, 5) is 0.211. The average molecular weight is 361 g/mol. The number of anilines is 1. The molecule has 1 aromatic carbocycles. The molecule has 0 saturated heterocycles. The Morgan fingerprint density at radius 2 is 1.80 bits per heavy atom. The fourth-order valence-corrected chi connectivity index (χ4v) is 5.31. The summed E-state index contributed by atoms with van der Waals surface area (Å²) < 4.78 is 28.3. The van der Waals surface area contributed by atoms with Crippen molar-refractivity contribution in [2.45, 2.75) is 44.0 Å². The maximum absolute atomic E-state index is 12.5. The predicted octanol–water partition coefficient (Wildman–Crippen LogP) is 3.13. The van der Waals surface area contributed by atoms with E-state index in [-0.39, 0.29) is 10.9 Å². The highest BCUT2D eigenvalue weighted by Crippen LogP contribution is 2.30. The molecule has 0 radical (unpaired) electrons. The van der Waals surface area contributed by atoms with Crippen molar-refractivity contribution in [2.75, 3.05) is 5.73 Å². The van der Waals surface area contributed by atoms with Gasteiger partial charge in [-0.2, -0.15) is 0 Å². The summed E-state index contributed by atoms with van der Waals surface area (Å²) in [7, 11) is -3.54. The lowest BCUT2D eigenvalue weighted by Gasteiger charge is -2.31. The summed E-state index contributed by atoms with van der Waals surface area (Å²) in [6.07, 6.45) is 2.95. The van der Waals surface area contributed by atoms with Crippen LogP contribution >= 0.6 is 15.9 Å². The van der Waals surface area contributed by atoms with Gasteiger partial charge in [-0.1, -0.05) is 13.8 Å². The van der Waals surface area contributed by atoms with Crippen LogP contribution in [0.3, 0.4) is 0 Å². The highest BCUT2D eigenvalue weighted by atomic mass is 79.9. The Morgan fingerprint density at radius 3 is 2.40 bits per heavy atom. The molecular formula is C14H21BrN2O2S. The SMILES string of the molecule is CC1CC(C)CC(NS(=O)(=O)c2cc(N)ccc2Br)C1. The highest BCUT2D eigenvalue weighted by molar-refractivity contribution is 9.10. The first-order valence-corrected chi connectivity index (χ1v) is 9.13. The first kappa shape index (κ1) is 15.8. The van der Waals surface area contributed by atoms with Gasteiger partial charge in [-0.3, -0.25) is 0 Å². The van der Waals surface area contributed by atoms with Gasteiger partial charge in [-0.25, -0.2) is 13.1 Å². The molecule has 1 aliphatic carbocycles. The van der Waals surface area contributed by atoms with E-state index in [4.69, 9.17) is 5.73 Å². The topological polar surface area (TPSA) is 72.2 Å². The molecule has 0 bridgehead atoms. The molecule has 112 valence electrons. The van der Waals surface area contributed by atoms with Crippen molar-refractivity contribution in [2.24, 2.45) is 11.8 Å². The van der Waals surface area contributed by atoms with E-state index in [1.54, 1.807) is 12.1 Å². The van der Waals surface area contributed by atoms with Crippen molar-refractivity contribution in [1.29, 1.82) is 0 Å². The minimum Gasteiger partial charge on any atom is -0.399 e. The minimum atomic E-state index is -3.54. The fourth-order valence-electron chi connectivity index (χ4n) is 3.05. The van der Waals surface area contributed by atoms with Crippen LogP contribution < -0.4 is 10.5 Å². The second-order valence-electron chi connectivity index (χ2n) is 5.93. The normalized spacial score (nSPS) is 27.4. The Bertz CT molecular complexity index is 579. The monoisotopic (exact) mass is 360 g/mol. The summed E-state index contributed by atoms with van der Waals surface area (Å²) in [5.74, 6) is 1.10. The second kappa shape index (κ2) is 6.03. The van der Waals surface area contributed by atoms with Gasteiger partial charge in [-0.05, 0) is 65.2 Å². The van der Waals surface area contributed by atoms with E-state index in [0.717, 1.165) is 12.8 Å². The molecule has 2 unspecified atom stereocenters. The molecule has 0 aliphatic heterocycles. The number of rotatable bonds is 3. The molecule has 0 heterocycles. The van der Waals surface area contributed by atoms with Gasteiger partial charge in [-0.15, -0.1) is 0 Å². The van der Waals surface area contributed by atoms with Crippen LogP contribution in [0.2, 0.25) is 0 Å². The van der Waals surface area contributed by atoms with Crippen LogP contribution in [0, 0.1) is 11.8 Å². The number of hydrogen-bond donors (Lipinski definition) is 2. The van der Waals surface area contributed by atoms with Gasteiger partial charge in [0.05, 0.1) is 4.90 Å². The van der Waals surface area contributed by atoms with Crippen LogP contribution in [0.4, 0.5) is 5.69 Å². The number of sulfonamides is 1. The van der Waals surface area contributed by atoms with E-state index >= 15 is 0 Å². The summed E-state index contributed by atoms with van der Waals surface area (Å²) in [5.41, 5.74) is 6.13. The number of nitrogens with two attached hydrogens (primary N) is 1. The highest BCUT2D eigenvalue weighted by Gasteiger charge is 2.28. The van der Waals surface area contributed by atoms with Crippen LogP contribution in [0.1, 0.15) is 33.1 Å². The van der Waals surface area contributed by atoms with Gasteiger partial charge in [0.2, 0.25) is 10.0 Å². The largest absolute Gasteiger partial charge is 0.399 e. The zero-order chi connectivity index (χ0) is 14.9. The van der Waals surface area contributed by atoms with Gasteiger partial charge < -0.3 is 5.73 Å². The first-order chi connectivity index (χ1) is 9.28. The molecule has 0 aromatic heterocycles. The molecule has 1 aromatic rings. The average Bonchev–Trinajstić information content (AvgIpc) is 2.30. The minimum absolute atomic E-state index is 0.00656. The lowest BCUT2D eigenvalue weighted by atomic mass is 9.81. The predicted molar refractivity (Wildman–Crippen MR) is 84.8 cm³/mol. The van der Waals surface area contributed by atoms with Gasteiger partial charge in [0.15, 0.2) is 0 Å². The molecule has 3 N–H and O–H groups in total. The molecule has 1 aliphatic rings. The molecule has 20 heavy (non-hydrogen) atoms. The van der Waals surface area contributed by atoms with E-state index in [2.05, 4.69) is 34.5 Å². The van der Waals surface area contributed by atoms with E-state index in [1.165, 1.54) is 12.5 Å². The molecule has 0 spiro atoms. The molecular weight excluding hydrogens is 340 g/mol. The number of nitrogen functional groups attached to an aromatic ring is 1. The lowest BCUT2D eigenvalue weighted by molar-refractivity contribution is 0.257. The number of benzene rings is 1. The van der Waals surface area contributed by atoms with E-state index in [0.29, 0.717) is 22.0 Å². The zero-order valence-corrected chi connectivity index (χ0v) is 14.2. The molecule has 4 nitrogen and oxygen atoms in total. The molecule has 6 heteroatoms. The van der Waals surface area contributed by atoms with Crippen LogP contribution in [0.5, 0.6) is 0 Å². The van der Waals surface area contributed by atoms with E-state index in [9.17, 15) is 8.42 Å². The van der Waals surface area contributed by atoms with Crippen molar-refractivity contribution in [1.82, 2.24) is 4.72 Å².